The van der Waals surface area contributed by atoms with Gasteiger partial charge in [0.15, 0.2) is 0 Å². The Bertz CT molecular complexity index is 816. The third-order valence-electron chi connectivity index (χ3n) is 3.35. The first-order valence-electron chi connectivity index (χ1n) is 9.97. The number of benzene rings is 2. The van der Waals surface area contributed by atoms with Gasteiger partial charge in [0.25, 0.3) is 0 Å². The van der Waals surface area contributed by atoms with Gasteiger partial charge in [-0.15, -0.1) is 12.8 Å². The van der Waals surface area contributed by atoms with Gasteiger partial charge < -0.3 is 10.2 Å². The maximum atomic E-state index is 12.0. The third-order valence-corrected chi connectivity index (χ3v) is 3.35. The number of phenols is 2. The molecule has 0 radical (unpaired) electrons. The number of halogens is 2. The van der Waals surface area contributed by atoms with E-state index in [2.05, 4.69) is 51.2 Å². The average Bonchev–Trinajstić information content (AvgIpc) is 3.42. The van der Waals surface area contributed by atoms with E-state index in [4.69, 9.17) is 10.2 Å². The van der Waals surface area contributed by atoms with Crippen molar-refractivity contribution >= 4 is 5.43 Å². The van der Waals surface area contributed by atoms with Gasteiger partial charge in [-0.1, -0.05) is 13.8 Å². The maximum Gasteiger partial charge on any atom is 0.123 e. The normalized spacial score (nSPS) is 12.4. The fraction of sp³-hybridized carbons (Fsp3) is 0.231. The van der Waals surface area contributed by atoms with Gasteiger partial charge in [-0.05, 0) is 48.5 Å². The molecule has 0 fully saturated rings. The number of hydrogen-bond donors (Lipinski definition) is 2. The van der Waals surface area contributed by atoms with Crippen LogP contribution in [0.5, 0.6) is 11.5 Å². The van der Waals surface area contributed by atoms with Crippen LogP contribution in [0.25, 0.3) is 0 Å². The van der Waals surface area contributed by atoms with Crippen LogP contribution in [0.3, 0.4) is 0 Å². The van der Waals surface area contributed by atoms with Crippen molar-refractivity contribution in [3.8, 4) is 11.5 Å². The van der Waals surface area contributed by atoms with Crippen molar-refractivity contribution in [2.24, 2.45) is 0 Å². The second-order valence-corrected chi connectivity index (χ2v) is 16.4. The van der Waals surface area contributed by atoms with Gasteiger partial charge in [0.1, 0.15) is 23.1 Å². The van der Waals surface area contributed by atoms with Crippen molar-refractivity contribution in [3.63, 3.8) is 0 Å². The van der Waals surface area contributed by atoms with E-state index in [1.165, 1.54) is 59.7 Å². The fourth-order valence-electron chi connectivity index (χ4n) is 1.97. The Hall–Kier alpha value is -2.04. The second kappa shape index (κ2) is 18.5. The molecule has 4 rings (SSSR count). The van der Waals surface area contributed by atoms with Crippen LogP contribution in [0.1, 0.15) is 26.7 Å². The summed E-state index contributed by atoms with van der Waals surface area (Å²) in [6.07, 6.45) is 16.4. The van der Waals surface area contributed by atoms with Gasteiger partial charge in [-0.3, -0.25) is 12.2 Å². The molecule has 0 unspecified atom stereocenters. The van der Waals surface area contributed by atoms with Crippen LogP contribution >= 0.6 is 0 Å². The van der Waals surface area contributed by atoms with Crippen LogP contribution in [-0.2, 0) is 23.3 Å². The van der Waals surface area contributed by atoms with Crippen molar-refractivity contribution in [1.29, 1.82) is 0 Å². The van der Waals surface area contributed by atoms with Crippen LogP contribution in [0.2, 0.25) is 13.1 Å². The molecule has 0 saturated carbocycles. The van der Waals surface area contributed by atoms with Crippen molar-refractivity contribution < 1.29 is 42.3 Å². The molecule has 0 bridgehead atoms. The molecule has 6 heteroatoms. The van der Waals surface area contributed by atoms with E-state index in [0.717, 1.165) is 12.8 Å². The van der Waals surface area contributed by atoms with Gasteiger partial charge >= 0.3 is 41.9 Å². The number of allylic oxidation sites excluding steroid dienone is 8. The molecule has 0 amide bonds. The summed E-state index contributed by atoms with van der Waals surface area (Å²) in [4.78, 5) is 0. The molecule has 2 aliphatic carbocycles. The number of rotatable bonds is 0. The van der Waals surface area contributed by atoms with Crippen molar-refractivity contribution in [1.82, 2.24) is 0 Å². The van der Waals surface area contributed by atoms with Gasteiger partial charge in [-0.25, -0.2) is 32.6 Å². The minimum atomic E-state index is -0.331. The van der Waals surface area contributed by atoms with Crippen molar-refractivity contribution in [2.75, 3.05) is 0 Å². The average molecular weight is 532 g/mol. The minimum absolute atomic E-state index is 0.0893. The van der Waals surface area contributed by atoms with E-state index in [1.54, 1.807) is 23.3 Å². The summed E-state index contributed by atoms with van der Waals surface area (Å²) in [5.74, 6) is -0.483. The van der Waals surface area contributed by atoms with Gasteiger partial charge in [0, 0.05) is 0 Å². The van der Waals surface area contributed by atoms with Crippen LogP contribution in [0, 0.1) is 23.8 Å². The Morgan fingerprint density at radius 3 is 1.47 bits per heavy atom. The molecule has 2 aliphatic rings. The molecular formula is C26H30F2O2SiZr. The predicted octanol–water partition coefficient (Wildman–Crippen LogP) is 7.24. The molecule has 32 heavy (non-hydrogen) atoms. The van der Waals surface area contributed by atoms with Crippen LogP contribution in [0.15, 0.2) is 84.0 Å². The van der Waals surface area contributed by atoms with Crippen LogP contribution < -0.4 is 0 Å². The van der Waals surface area contributed by atoms with E-state index < -0.39 is 0 Å². The monoisotopic (exact) mass is 530 g/mol. The van der Waals surface area contributed by atoms with E-state index in [-0.39, 0.29) is 28.6 Å². The Kier molecular flexibility index (Phi) is 17.3. The zero-order valence-corrected chi connectivity index (χ0v) is 22.5. The Balaban J connectivity index is 0.000000384. The van der Waals surface area contributed by atoms with Gasteiger partial charge in [0.05, 0.1) is 0 Å². The molecule has 0 saturated heterocycles. The third kappa shape index (κ3) is 19.9. The fourth-order valence-corrected chi connectivity index (χ4v) is 1.97. The Labute approximate surface area is 206 Å². The molecule has 0 spiro atoms. The number of aromatic hydroxyl groups is 2. The smallest absolute Gasteiger partial charge is 0.123 e. The predicted molar refractivity (Wildman–Crippen MR) is 126 cm³/mol. The zero-order valence-electron chi connectivity index (χ0n) is 19.0. The summed E-state index contributed by atoms with van der Waals surface area (Å²) in [7, 11) is 0. The van der Waals surface area contributed by atoms with Crippen molar-refractivity contribution in [2.45, 2.75) is 39.8 Å². The number of phenolic OH excluding ortho intramolecular Hbond substituents is 2. The molecule has 2 aromatic carbocycles. The zero-order chi connectivity index (χ0) is 24.4. The molecule has 2 N–H and O–H groups in total. The maximum absolute atomic E-state index is 12.0. The molecule has 2 aromatic rings. The van der Waals surface area contributed by atoms with Gasteiger partial charge in [0.2, 0.25) is 0 Å². The molecule has 0 aliphatic heterocycles. The summed E-state index contributed by atoms with van der Waals surface area (Å²) in [5.41, 5.74) is 2.93. The Morgan fingerprint density at radius 2 is 1.31 bits per heavy atom. The molecule has 0 heterocycles. The topological polar surface area (TPSA) is 40.5 Å². The van der Waals surface area contributed by atoms with E-state index in [9.17, 15) is 8.78 Å². The second-order valence-electron chi connectivity index (χ2n) is 6.98. The molecular weight excluding hydrogens is 502 g/mol. The molecule has 0 atom stereocenters. The van der Waals surface area contributed by atoms with E-state index in [1.807, 2.05) is 12.2 Å². The summed E-state index contributed by atoms with van der Waals surface area (Å²) >= 11 is 1.74. The first-order valence-corrected chi connectivity index (χ1v) is 16.2. The standard InChI is InChI=1S/C7H9.2C6H5FO.C5H5.C2H6Si.Zr/c1-6-3-4-7(2)5-6;2*7-5-1-3-6(8)4-2-5;1-2-4-5-3-1;1-3-2;/h5H,3H2,1-2H3;2*1-4,8H;1-3H,4H2;1-2H3;/q-1;;;-1;;+2. The van der Waals surface area contributed by atoms with E-state index >= 15 is 0 Å². The van der Waals surface area contributed by atoms with Crippen LogP contribution in [0.4, 0.5) is 8.78 Å². The summed E-state index contributed by atoms with van der Waals surface area (Å²) in [6, 6.07) is 10.0. The SMILES string of the molecule is CC1=[C-]CC(C)=C1.C[Si](C)=[Zr+2].Oc1ccc(F)cc1.Oc1ccc(F)cc1.[C-]1=CC=CC1. The molecule has 2 nitrogen and oxygen atoms in total. The molecule has 0 aromatic heterocycles. The van der Waals surface area contributed by atoms with Crippen molar-refractivity contribution in [3.05, 3.63) is 108 Å². The first-order chi connectivity index (χ1) is 15.1. The van der Waals surface area contributed by atoms with Gasteiger partial charge in [-0.2, -0.15) is 11.6 Å². The van der Waals surface area contributed by atoms with E-state index in [0.29, 0.717) is 0 Å². The molecule has 168 valence electrons. The summed E-state index contributed by atoms with van der Waals surface area (Å²) in [5, 5.41) is 17.2. The minimum Gasteiger partial charge on any atom is -0.508 e. The number of hydrogen-bond acceptors (Lipinski definition) is 2. The largest absolute Gasteiger partial charge is 0.508 e. The Morgan fingerprint density at radius 1 is 0.875 bits per heavy atom. The first kappa shape index (κ1) is 30.0. The summed E-state index contributed by atoms with van der Waals surface area (Å²) < 4.78 is 24.0. The quantitative estimate of drug-likeness (QED) is 0.278. The van der Waals surface area contributed by atoms with Crippen LogP contribution in [-0.4, -0.2) is 15.6 Å². The summed E-state index contributed by atoms with van der Waals surface area (Å²) in [6.45, 7) is 8.83.